The molecule has 2 atom stereocenters. The average molecular weight is 756 g/mol. The number of alkyl carbamates (subject to hydrolysis) is 1. The number of amides is 2. The number of anilines is 1. The van der Waals surface area contributed by atoms with Gasteiger partial charge in [0, 0.05) is 29.5 Å². The minimum atomic E-state index is -0.876. The number of nitrogens with two attached hydrogens (primary N) is 1. The molecule has 53 heavy (non-hydrogen) atoms. The second-order valence-corrected chi connectivity index (χ2v) is 15.0. The summed E-state index contributed by atoms with van der Waals surface area (Å²) in [5.41, 5.74) is 9.81. The molecule has 0 unspecified atom stereocenters. The van der Waals surface area contributed by atoms with Gasteiger partial charge >= 0.3 is 6.09 Å². The summed E-state index contributed by atoms with van der Waals surface area (Å²) in [5.74, 6) is -0.762. The Hall–Kier alpha value is -4.96. The van der Waals surface area contributed by atoms with Gasteiger partial charge < -0.3 is 21.1 Å². The minimum Gasteiger partial charge on any atom is -0.444 e. The van der Waals surface area contributed by atoms with Gasteiger partial charge in [-0.1, -0.05) is 71.7 Å². The van der Waals surface area contributed by atoms with Crippen LogP contribution < -0.4 is 21.9 Å². The summed E-state index contributed by atoms with van der Waals surface area (Å²) in [7, 11) is 0. The molecule has 0 saturated heterocycles. The van der Waals surface area contributed by atoms with E-state index in [9.17, 15) is 19.2 Å². The number of carbonyl (C=O) groups excluding carboxylic acids is 3. The third kappa shape index (κ3) is 9.93. The maximum atomic E-state index is 13.8. The van der Waals surface area contributed by atoms with Crippen molar-refractivity contribution in [3.63, 3.8) is 0 Å². The summed E-state index contributed by atoms with van der Waals surface area (Å²) in [6, 6.07) is 26.3. The van der Waals surface area contributed by atoms with E-state index < -0.39 is 29.7 Å². The van der Waals surface area contributed by atoms with E-state index >= 15 is 0 Å². The van der Waals surface area contributed by atoms with Crippen LogP contribution in [0, 0.1) is 0 Å². The van der Waals surface area contributed by atoms with Crippen LogP contribution in [0.15, 0.2) is 95.8 Å². The zero-order chi connectivity index (χ0) is 38.4. The number of aromatic nitrogens is 1. The molecule has 9 nitrogen and oxygen atoms in total. The van der Waals surface area contributed by atoms with Crippen LogP contribution in [0.5, 0.6) is 0 Å². The van der Waals surface area contributed by atoms with Gasteiger partial charge in [-0.3, -0.25) is 19.0 Å². The fourth-order valence-corrected chi connectivity index (χ4v) is 6.78. The predicted octanol–water partition coefficient (Wildman–Crippen LogP) is 8.77. The fourth-order valence-electron chi connectivity index (χ4n) is 6.17. The number of para-hydroxylation sites is 1. The number of halogens is 2. The Balaban J connectivity index is 1.38. The van der Waals surface area contributed by atoms with Crippen molar-refractivity contribution in [2.45, 2.75) is 78.0 Å². The van der Waals surface area contributed by atoms with Gasteiger partial charge in [0.1, 0.15) is 5.60 Å². The van der Waals surface area contributed by atoms with Gasteiger partial charge in [-0.05, 0) is 118 Å². The molecule has 0 bridgehead atoms. The Kier molecular flexibility index (Phi) is 12.4. The molecule has 0 spiro atoms. The number of carbonyl (C=O) groups is 3. The third-order valence-corrected chi connectivity index (χ3v) is 9.27. The quantitative estimate of drug-likeness (QED) is 0.117. The number of benzene rings is 4. The highest BCUT2D eigenvalue weighted by Gasteiger charge is 2.25. The topological polar surface area (TPSA) is 133 Å². The zero-order valence-corrected chi connectivity index (χ0v) is 32.0. The van der Waals surface area contributed by atoms with E-state index in [1.807, 2.05) is 61.5 Å². The molecule has 0 aliphatic rings. The Bertz CT molecular complexity index is 2210. The van der Waals surface area contributed by atoms with Crippen LogP contribution in [-0.2, 0) is 28.8 Å². The number of aryl methyl sites for hydroxylation is 2. The first-order valence-electron chi connectivity index (χ1n) is 17.5. The van der Waals surface area contributed by atoms with Gasteiger partial charge in [-0.15, -0.1) is 0 Å². The fraction of sp³-hybridized carbons (Fsp3) is 0.286. The molecule has 0 fully saturated rings. The number of hydrogen-bond acceptors (Lipinski definition) is 6. The van der Waals surface area contributed by atoms with Gasteiger partial charge in [0.05, 0.1) is 27.0 Å². The Labute approximate surface area is 319 Å². The van der Waals surface area contributed by atoms with Gasteiger partial charge in [-0.2, -0.15) is 0 Å². The minimum absolute atomic E-state index is 0.142. The molecule has 4 aromatic carbocycles. The number of fused-ring (bicyclic) bond motifs is 1. The van der Waals surface area contributed by atoms with Crippen molar-refractivity contribution >= 4 is 57.4 Å². The number of Topliss-reactive ketones (excluding diaryl/α,β-unsaturated/α-hetero) is 1. The highest BCUT2D eigenvalue weighted by Crippen LogP contribution is 2.28. The summed E-state index contributed by atoms with van der Waals surface area (Å²) in [5, 5.41) is 7.22. The van der Waals surface area contributed by atoms with Crippen molar-refractivity contribution in [1.82, 2.24) is 9.88 Å². The van der Waals surface area contributed by atoms with Crippen LogP contribution in [0.4, 0.5) is 10.5 Å². The van der Waals surface area contributed by atoms with Crippen LogP contribution in [0.25, 0.3) is 16.5 Å². The number of ketones is 1. The summed E-state index contributed by atoms with van der Waals surface area (Å²) in [4.78, 5) is 53.1. The molecule has 0 aliphatic heterocycles. The Morgan fingerprint density at radius 1 is 0.849 bits per heavy atom. The smallest absolute Gasteiger partial charge is 0.408 e. The van der Waals surface area contributed by atoms with Gasteiger partial charge in [0.25, 0.3) is 11.5 Å². The van der Waals surface area contributed by atoms with Crippen LogP contribution in [0.1, 0.15) is 79.8 Å². The molecule has 2 amide bonds. The molecular formula is C42H44Cl2N4O5. The maximum Gasteiger partial charge on any atom is 0.408 e. The Morgan fingerprint density at radius 3 is 2.25 bits per heavy atom. The van der Waals surface area contributed by atoms with E-state index in [-0.39, 0.29) is 28.3 Å². The molecule has 4 N–H and O–H groups in total. The molecule has 0 aliphatic carbocycles. The molecule has 1 heterocycles. The van der Waals surface area contributed by atoms with E-state index in [4.69, 9.17) is 33.7 Å². The predicted molar refractivity (Wildman–Crippen MR) is 213 cm³/mol. The number of ether oxygens (including phenoxy) is 1. The first kappa shape index (κ1) is 39.3. The highest BCUT2D eigenvalue weighted by molar-refractivity contribution is 6.35. The summed E-state index contributed by atoms with van der Waals surface area (Å²) < 4.78 is 6.95. The first-order valence-corrected chi connectivity index (χ1v) is 18.3. The lowest BCUT2D eigenvalue weighted by atomic mass is 9.94. The van der Waals surface area contributed by atoms with Crippen molar-refractivity contribution < 1.29 is 19.1 Å². The number of pyridine rings is 1. The third-order valence-electron chi connectivity index (χ3n) is 8.66. The maximum absolute atomic E-state index is 13.8. The van der Waals surface area contributed by atoms with Gasteiger partial charge in [0.2, 0.25) is 0 Å². The number of nitrogens with zero attached hydrogens (tertiary/aromatic N) is 1. The molecule has 11 heteroatoms. The lowest BCUT2D eigenvalue weighted by Crippen LogP contribution is -2.42. The van der Waals surface area contributed by atoms with E-state index in [0.29, 0.717) is 52.3 Å². The number of hydrogen-bond donors (Lipinski definition) is 3. The lowest BCUT2D eigenvalue weighted by molar-refractivity contribution is -0.120. The van der Waals surface area contributed by atoms with Crippen molar-refractivity contribution in [3.05, 3.63) is 139 Å². The van der Waals surface area contributed by atoms with Crippen molar-refractivity contribution in [3.8, 4) is 5.69 Å². The largest absolute Gasteiger partial charge is 0.444 e. The highest BCUT2D eigenvalue weighted by atomic mass is 35.5. The number of rotatable bonds is 12. The molecule has 5 aromatic rings. The van der Waals surface area contributed by atoms with E-state index in [0.717, 1.165) is 16.5 Å². The Morgan fingerprint density at radius 2 is 1.55 bits per heavy atom. The van der Waals surface area contributed by atoms with E-state index in [2.05, 4.69) is 10.6 Å². The monoisotopic (exact) mass is 754 g/mol. The van der Waals surface area contributed by atoms with E-state index in [1.54, 1.807) is 68.7 Å². The van der Waals surface area contributed by atoms with Gasteiger partial charge in [-0.25, -0.2) is 4.79 Å². The lowest BCUT2D eigenvalue weighted by Gasteiger charge is -2.22. The molecule has 0 saturated carbocycles. The molecular weight excluding hydrogens is 711 g/mol. The molecule has 0 radical (unpaired) electrons. The SMILES string of the molecule is C[C@H](NC(=O)OC(C)(C)C)C(=O)Cc1cc(CCCc2cccc(-n3c([C@H](C)N)cc4cccc(Cl)c4c3=O)c2)cc(Cl)c1C(=O)Nc1ccccc1. The zero-order valence-electron chi connectivity index (χ0n) is 30.5. The van der Waals surface area contributed by atoms with Crippen LogP contribution in [0.3, 0.4) is 0 Å². The summed E-state index contributed by atoms with van der Waals surface area (Å²) >= 11 is 13.3. The molecule has 1 aromatic heterocycles. The van der Waals surface area contributed by atoms with E-state index in [1.165, 1.54) is 0 Å². The van der Waals surface area contributed by atoms with Crippen LogP contribution in [0.2, 0.25) is 10.0 Å². The van der Waals surface area contributed by atoms with Crippen LogP contribution in [-0.4, -0.2) is 34.0 Å². The normalized spacial score (nSPS) is 12.6. The molecule has 276 valence electrons. The van der Waals surface area contributed by atoms with Crippen molar-refractivity contribution in [1.29, 1.82) is 0 Å². The van der Waals surface area contributed by atoms with Crippen LogP contribution >= 0.6 is 23.2 Å². The first-order chi connectivity index (χ1) is 25.1. The second kappa shape index (κ2) is 16.8. The number of nitrogens with one attached hydrogen (secondary N) is 2. The van der Waals surface area contributed by atoms with Crippen molar-refractivity contribution in [2.24, 2.45) is 5.73 Å². The van der Waals surface area contributed by atoms with Crippen molar-refractivity contribution in [2.75, 3.05) is 5.32 Å². The summed E-state index contributed by atoms with van der Waals surface area (Å²) in [6.07, 6.45) is 1.12. The van der Waals surface area contributed by atoms with Gasteiger partial charge in [0.15, 0.2) is 5.78 Å². The average Bonchev–Trinajstić information content (AvgIpc) is 3.07. The standard InChI is InChI=1S/C42H44Cl2N4O5/c1-25(45)35-23-29-15-11-19-33(43)38(29)40(51)48(35)32-18-10-13-27(21-32)12-9-14-28-20-30(24-36(49)26(2)46-41(52)53-42(3,4)5)37(34(44)22-28)39(50)47-31-16-7-6-8-17-31/h6-8,10-11,13,15-23,25-26H,9,12,14,24,45H2,1-5H3,(H,46,52)(H,47,50)/t25-,26-/m0/s1. The molecule has 5 rings (SSSR count). The summed E-state index contributed by atoms with van der Waals surface area (Å²) in [6.45, 7) is 8.63. The second-order valence-electron chi connectivity index (χ2n) is 14.2.